The number of ether oxygens (including phenoxy) is 1. The summed E-state index contributed by atoms with van der Waals surface area (Å²) in [5.74, 6) is 1.87. The molecule has 3 rings (SSSR count). The van der Waals surface area contributed by atoms with Crippen LogP contribution in [0.15, 0.2) is 12.1 Å². The minimum atomic E-state index is -0.0279. The quantitative estimate of drug-likeness (QED) is 0.820. The van der Waals surface area contributed by atoms with Gasteiger partial charge in [-0.15, -0.1) is 0 Å². The molecule has 1 aromatic carbocycles. The molecular formula is C16H23NO. The van der Waals surface area contributed by atoms with Crippen LogP contribution in [-0.4, -0.2) is 18.7 Å². The SMILES string of the molecule is Cc1cc(C2CCNCC2)cc2c1OC(C)(C)C2. The highest BCUT2D eigenvalue weighted by atomic mass is 16.5. The lowest BCUT2D eigenvalue weighted by molar-refractivity contribution is 0.137. The molecule has 0 unspecified atom stereocenters. The number of hydrogen-bond acceptors (Lipinski definition) is 2. The van der Waals surface area contributed by atoms with Crippen LogP contribution in [-0.2, 0) is 6.42 Å². The molecule has 1 N–H and O–H groups in total. The van der Waals surface area contributed by atoms with Crippen LogP contribution in [0.4, 0.5) is 0 Å². The summed E-state index contributed by atoms with van der Waals surface area (Å²) >= 11 is 0. The van der Waals surface area contributed by atoms with Gasteiger partial charge in [-0.3, -0.25) is 0 Å². The van der Waals surface area contributed by atoms with Crippen molar-refractivity contribution in [3.63, 3.8) is 0 Å². The van der Waals surface area contributed by atoms with Gasteiger partial charge in [-0.2, -0.15) is 0 Å². The Kier molecular flexibility index (Phi) is 2.86. The molecule has 98 valence electrons. The summed E-state index contributed by atoms with van der Waals surface area (Å²) in [4.78, 5) is 0. The van der Waals surface area contributed by atoms with Crippen LogP contribution in [0.1, 0.15) is 49.3 Å². The minimum absolute atomic E-state index is 0.0279. The van der Waals surface area contributed by atoms with Crippen molar-refractivity contribution >= 4 is 0 Å². The molecule has 0 radical (unpaired) electrons. The normalized spacial score (nSPS) is 22.6. The standard InChI is InChI=1S/C16H23NO/c1-11-8-13(12-4-6-17-7-5-12)9-14-10-16(2,3)18-15(11)14/h8-9,12,17H,4-7,10H2,1-3H3. The minimum Gasteiger partial charge on any atom is -0.487 e. The second-order valence-electron chi connectivity index (χ2n) is 6.39. The van der Waals surface area contributed by atoms with Crippen LogP contribution in [0.5, 0.6) is 5.75 Å². The average molecular weight is 245 g/mol. The van der Waals surface area contributed by atoms with Gasteiger partial charge >= 0.3 is 0 Å². The first-order chi connectivity index (χ1) is 8.55. The smallest absolute Gasteiger partial charge is 0.126 e. The maximum Gasteiger partial charge on any atom is 0.126 e. The Labute approximate surface area is 110 Å². The highest BCUT2D eigenvalue weighted by Crippen LogP contribution is 2.40. The molecular weight excluding hydrogens is 222 g/mol. The molecule has 2 aliphatic rings. The zero-order chi connectivity index (χ0) is 12.8. The summed E-state index contributed by atoms with van der Waals surface area (Å²) < 4.78 is 6.06. The number of piperidine rings is 1. The number of fused-ring (bicyclic) bond motifs is 1. The summed E-state index contributed by atoms with van der Waals surface area (Å²) in [6.45, 7) is 8.85. The highest BCUT2D eigenvalue weighted by Gasteiger charge is 2.32. The van der Waals surface area contributed by atoms with Crippen LogP contribution >= 0.6 is 0 Å². The molecule has 0 atom stereocenters. The topological polar surface area (TPSA) is 21.3 Å². The molecule has 2 aliphatic heterocycles. The van der Waals surface area contributed by atoms with Crippen LogP contribution in [0.2, 0.25) is 0 Å². The van der Waals surface area contributed by atoms with Gasteiger partial charge in [0.05, 0.1) is 0 Å². The second-order valence-corrected chi connectivity index (χ2v) is 6.39. The van der Waals surface area contributed by atoms with Crippen molar-refractivity contribution < 1.29 is 4.74 Å². The van der Waals surface area contributed by atoms with E-state index in [0.29, 0.717) is 0 Å². The Balaban J connectivity index is 1.93. The highest BCUT2D eigenvalue weighted by molar-refractivity contribution is 5.48. The molecule has 1 saturated heterocycles. The monoisotopic (exact) mass is 245 g/mol. The molecule has 2 heterocycles. The molecule has 0 amide bonds. The average Bonchev–Trinajstić information content (AvgIpc) is 2.65. The van der Waals surface area contributed by atoms with Crippen LogP contribution in [0.3, 0.4) is 0 Å². The fourth-order valence-electron chi connectivity index (χ4n) is 3.32. The van der Waals surface area contributed by atoms with E-state index in [0.717, 1.165) is 31.2 Å². The summed E-state index contributed by atoms with van der Waals surface area (Å²) in [7, 11) is 0. The van der Waals surface area contributed by atoms with Crippen molar-refractivity contribution in [3.05, 3.63) is 28.8 Å². The van der Waals surface area contributed by atoms with Crippen LogP contribution < -0.4 is 10.1 Å². The van der Waals surface area contributed by atoms with Crippen molar-refractivity contribution in [1.82, 2.24) is 5.32 Å². The third-order valence-corrected chi connectivity index (χ3v) is 4.18. The molecule has 18 heavy (non-hydrogen) atoms. The van der Waals surface area contributed by atoms with Gasteiger partial charge in [0.25, 0.3) is 0 Å². The number of nitrogens with one attached hydrogen (secondary N) is 1. The second kappa shape index (κ2) is 4.27. The van der Waals surface area contributed by atoms with Crippen molar-refractivity contribution in [3.8, 4) is 5.75 Å². The lowest BCUT2D eigenvalue weighted by atomic mass is 9.87. The van der Waals surface area contributed by atoms with Crippen LogP contribution in [0.25, 0.3) is 0 Å². The van der Waals surface area contributed by atoms with Crippen molar-refractivity contribution in [2.45, 2.75) is 51.6 Å². The molecule has 0 saturated carbocycles. The first kappa shape index (κ1) is 12.0. The number of benzene rings is 1. The number of aryl methyl sites for hydroxylation is 1. The lowest BCUT2D eigenvalue weighted by Crippen LogP contribution is -2.26. The molecule has 0 bridgehead atoms. The zero-order valence-corrected chi connectivity index (χ0v) is 11.7. The molecule has 0 aromatic heterocycles. The van der Waals surface area contributed by atoms with E-state index in [4.69, 9.17) is 4.74 Å². The Morgan fingerprint density at radius 3 is 2.67 bits per heavy atom. The van der Waals surface area contributed by atoms with E-state index >= 15 is 0 Å². The third kappa shape index (κ3) is 2.14. The number of hydrogen-bond donors (Lipinski definition) is 1. The van der Waals surface area contributed by atoms with E-state index < -0.39 is 0 Å². The fourth-order valence-corrected chi connectivity index (χ4v) is 3.32. The molecule has 2 heteroatoms. The lowest BCUT2D eigenvalue weighted by Gasteiger charge is -2.24. The van der Waals surface area contributed by atoms with Gasteiger partial charge in [-0.05, 0) is 69.3 Å². The summed E-state index contributed by atoms with van der Waals surface area (Å²) in [6.07, 6.45) is 3.58. The van der Waals surface area contributed by atoms with Crippen molar-refractivity contribution in [1.29, 1.82) is 0 Å². The van der Waals surface area contributed by atoms with E-state index in [9.17, 15) is 0 Å². The maximum atomic E-state index is 6.06. The first-order valence-electron chi connectivity index (χ1n) is 7.08. The third-order valence-electron chi connectivity index (χ3n) is 4.18. The van der Waals surface area contributed by atoms with E-state index in [-0.39, 0.29) is 5.60 Å². The number of rotatable bonds is 1. The molecule has 0 aliphatic carbocycles. The van der Waals surface area contributed by atoms with Gasteiger partial charge in [-0.1, -0.05) is 12.1 Å². The Hall–Kier alpha value is -1.02. The predicted octanol–water partition coefficient (Wildman–Crippen LogP) is 3.18. The van der Waals surface area contributed by atoms with Gasteiger partial charge in [0.1, 0.15) is 11.4 Å². The molecule has 0 spiro atoms. The van der Waals surface area contributed by atoms with Gasteiger partial charge < -0.3 is 10.1 Å². The fraction of sp³-hybridized carbons (Fsp3) is 0.625. The summed E-state index contributed by atoms with van der Waals surface area (Å²) in [5, 5.41) is 3.44. The first-order valence-corrected chi connectivity index (χ1v) is 7.08. The van der Waals surface area contributed by atoms with Gasteiger partial charge in [0, 0.05) is 6.42 Å². The van der Waals surface area contributed by atoms with Gasteiger partial charge in [-0.25, -0.2) is 0 Å². The van der Waals surface area contributed by atoms with Crippen molar-refractivity contribution in [2.75, 3.05) is 13.1 Å². The largest absolute Gasteiger partial charge is 0.487 e. The zero-order valence-electron chi connectivity index (χ0n) is 11.7. The van der Waals surface area contributed by atoms with Crippen LogP contribution in [0, 0.1) is 6.92 Å². The summed E-state index contributed by atoms with van der Waals surface area (Å²) in [5.41, 5.74) is 4.22. The molecule has 1 aromatic rings. The maximum absolute atomic E-state index is 6.06. The van der Waals surface area contributed by atoms with E-state index in [1.54, 1.807) is 0 Å². The van der Waals surface area contributed by atoms with Gasteiger partial charge in [0.2, 0.25) is 0 Å². The Morgan fingerprint density at radius 2 is 1.94 bits per heavy atom. The summed E-state index contributed by atoms with van der Waals surface area (Å²) in [6, 6.07) is 4.74. The van der Waals surface area contributed by atoms with Gasteiger partial charge in [0.15, 0.2) is 0 Å². The Bertz CT molecular complexity index is 458. The Morgan fingerprint density at radius 1 is 1.22 bits per heavy atom. The molecule has 2 nitrogen and oxygen atoms in total. The van der Waals surface area contributed by atoms with E-state index in [1.165, 1.54) is 29.5 Å². The van der Waals surface area contributed by atoms with Crippen molar-refractivity contribution in [2.24, 2.45) is 0 Å². The van der Waals surface area contributed by atoms with E-state index in [1.807, 2.05) is 0 Å². The molecule has 1 fully saturated rings. The predicted molar refractivity (Wildman–Crippen MR) is 74.4 cm³/mol. The van der Waals surface area contributed by atoms with E-state index in [2.05, 4.69) is 38.2 Å².